The number of fused-ring (bicyclic) bond motifs is 4. The highest BCUT2D eigenvalue weighted by Crippen LogP contribution is 2.70. The lowest BCUT2D eigenvalue weighted by Gasteiger charge is -2.67. The molecule has 2 heterocycles. The summed E-state index contributed by atoms with van der Waals surface area (Å²) in [5.41, 5.74) is -1.20. The lowest BCUT2D eigenvalue weighted by atomic mass is 9.42. The van der Waals surface area contributed by atoms with Gasteiger partial charge in [-0.3, -0.25) is 4.79 Å². The molecule has 6 aliphatic rings. The molecule has 0 radical (unpaired) electrons. The Balaban J connectivity index is 1.35. The van der Waals surface area contributed by atoms with E-state index in [-0.39, 0.29) is 34.3 Å². The van der Waals surface area contributed by atoms with Gasteiger partial charge in [0.1, 0.15) is 23.4 Å². The van der Waals surface area contributed by atoms with Gasteiger partial charge in [-0.05, 0) is 101 Å². The van der Waals surface area contributed by atoms with Crippen LogP contribution in [-0.4, -0.2) is 63.0 Å². The van der Waals surface area contributed by atoms with Crippen LogP contribution in [0, 0.1) is 34.5 Å². The van der Waals surface area contributed by atoms with Crippen molar-refractivity contribution in [2.45, 2.75) is 102 Å². The number of carbonyl (C=O) groups is 2. The molecule has 4 fully saturated rings. The molecule has 6 nitrogen and oxygen atoms in total. The average molecular weight is 531 g/mol. The van der Waals surface area contributed by atoms with Crippen molar-refractivity contribution >= 4 is 23.5 Å². The van der Waals surface area contributed by atoms with Crippen molar-refractivity contribution < 1.29 is 29.3 Å². The fraction of sp³-hybridized carbons (Fsp3) is 0.800. The number of cyclic esters (lactones) is 1. The second-order valence-corrected chi connectivity index (χ2v) is 14.7. The van der Waals surface area contributed by atoms with E-state index in [2.05, 4.69) is 13.8 Å². The quantitative estimate of drug-likeness (QED) is 0.516. The summed E-state index contributed by atoms with van der Waals surface area (Å²) in [5.74, 6) is 1.51. The Morgan fingerprint density at radius 2 is 1.89 bits per heavy atom. The van der Waals surface area contributed by atoms with Crippen molar-refractivity contribution in [2.24, 2.45) is 34.5 Å². The van der Waals surface area contributed by atoms with E-state index >= 15 is 0 Å². The van der Waals surface area contributed by atoms with Gasteiger partial charge in [-0.25, -0.2) is 4.79 Å². The van der Waals surface area contributed by atoms with Crippen LogP contribution in [0.15, 0.2) is 23.3 Å². The van der Waals surface area contributed by atoms with Gasteiger partial charge in [0.2, 0.25) is 0 Å². The summed E-state index contributed by atoms with van der Waals surface area (Å²) in [6.07, 6.45) is 7.11. The lowest BCUT2D eigenvalue weighted by Crippen LogP contribution is -2.75. The third kappa shape index (κ3) is 3.23. The molecule has 0 aromatic rings. The van der Waals surface area contributed by atoms with E-state index in [1.54, 1.807) is 19.1 Å². The van der Waals surface area contributed by atoms with Crippen molar-refractivity contribution in [2.75, 3.05) is 12.4 Å². The summed E-state index contributed by atoms with van der Waals surface area (Å²) < 4.78 is 12.3. The van der Waals surface area contributed by atoms with Gasteiger partial charge >= 0.3 is 5.97 Å². The standard InChI is InChI=1S/C30H42O6S/c1-16-14-24(36-26(33)17(16)2)29(5,34)21-7-6-19-18-15-25-30(35-12-13-37-25)23(32)9-8-22(31)28(30,4)20(18)10-11-27(19,21)3/h8-9,18-21,23-25,32,34H,6-7,10-15H2,1-5H3/t18-,19-,20-,21-,23-,24+,25-,27-,28-,29+,30+/m0/s1. The van der Waals surface area contributed by atoms with Gasteiger partial charge in [-0.1, -0.05) is 12.5 Å². The topological polar surface area (TPSA) is 93.1 Å². The first-order valence-corrected chi connectivity index (χ1v) is 15.2. The van der Waals surface area contributed by atoms with Crippen LogP contribution in [0.2, 0.25) is 0 Å². The lowest BCUT2D eigenvalue weighted by molar-refractivity contribution is -0.238. The Kier molecular flexibility index (Phi) is 5.94. The molecule has 37 heavy (non-hydrogen) atoms. The maximum absolute atomic E-state index is 13.7. The molecule has 0 aromatic heterocycles. The molecular weight excluding hydrogens is 488 g/mol. The van der Waals surface area contributed by atoms with Crippen LogP contribution in [0.4, 0.5) is 0 Å². The van der Waals surface area contributed by atoms with E-state index in [0.29, 0.717) is 30.4 Å². The molecule has 0 aromatic carbocycles. The van der Waals surface area contributed by atoms with Gasteiger partial charge in [-0.2, -0.15) is 11.8 Å². The summed E-state index contributed by atoms with van der Waals surface area (Å²) in [6.45, 7) is 10.6. The van der Waals surface area contributed by atoms with Crippen molar-refractivity contribution in [3.63, 3.8) is 0 Å². The van der Waals surface area contributed by atoms with Crippen molar-refractivity contribution in [3.05, 3.63) is 23.3 Å². The van der Waals surface area contributed by atoms with E-state index in [0.717, 1.165) is 43.4 Å². The Morgan fingerprint density at radius 3 is 2.62 bits per heavy atom. The number of esters is 1. The first kappa shape index (κ1) is 26.1. The minimum absolute atomic E-state index is 0.0113. The van der Waals surface area contributed by atoms with Crippen molar-refractivity contribution in [1.29, 1.82) is 0 Å². The smallest absolute Gasteiger partial charge is 0.334 e. The van der Waals surface area contributed by atoms with Crippen LogP contribution >= 0.6 is 11.8 Å². The molecule has 2 N–H and O–H groups in total. The van der Waals surface area contributed by atoms with Crippen LogP contribution in [0.1, 0.15) is 73.1 Å². The first-order valence-electron chi connectivity index (χ1n) is 14.1. The van der Waals surface area contributed by atoms with E-state index in [4.69, 9.17) is 9.47 Å². The molecule has 11 atom stereocenters. The minimum Gasteiger partial charge on any atom is -0.456 e. The molecule has 7 heteroatoms. The normalized spacial score (nSPS) is 50.9. The Bertz CT molecular complexity index is 1080. The summed E-state index contributed by atoms with van der Waals surface area (Å²) >= 11 is 1.86. The summed E-state index contributed by atoms with van der Waals surface area (Å²) in [4.78, 5) is 26.2. The number of aliphatic hydroxyl groups excluding tert-OH is 1. The van der Waals surface area contributed by atoms with E-state index < -0.39 is 28.8 Å². The molecular formula is C30H42O6S. The Labute approximate surface area is 224 Å². The molecule has 0 amide bonds. The Morgan fingerprint density at radius 1 is 1.14 bits per heavy atom. The maximum atomic E-state index is 13.7. The van der Waals surface area contributed by atoms with Crippen LogP contribution < -0.4 is 0 Å². The first-order chi connectivity index (χ1) is 17.4. The van der Waals surface area contributed by atoms with Gasteiger partial charge in [0.25, 0.3) is 0 Å². The molecule has 1 saturated heterocycles. The highest BCUT2D eigenvalue weighted by Gasteiger charge is 2.73. The second kappa shape index (κ2) is 8.42. The number of ketones is 1. The van der Waals surface area contributed by atoms with Crippen LogP contribution in [0.3, 0.4) is 0 Å². The number of rotatable bonds is 2. The summed E-state index contributed by atoms with van der Waals surface area (Å²) in [7, 11) is 0. The largest absolute Gasteiger partial charge is 0.456 e. The number of hydrogen-bond donors (Lipinski definition) is 2. The van der Waals surface area contributed by atoms with Gasteiger partial charge in [0.05, 0.1) is 12.0 Å². The zero-order valence-corrected chi connectivity index (χ0v) is 23.6. The number of hydrogen-bond acceptors (Lipinski definition) is 7. The molecule has 1 spiro atoms. The summed E-state index contributed by atoms with van der Waals surface area (Å²) in [5, 5.41) is 23.4. The van der Waals surface area contributed by atoms with Gasteiger partial charge < -0.3 is 19.7 Å². The molecule has 0 bridgehead atoms. The van der Waals surface area contributed by atoms with Crippen LogP contribution in [-0.2, 0) is 19.1 Å². The van der Waals surface area contributed by atoms with Gasteiger partial charge in [0.15, 0.2) is 5.78 Å². The molecule has 3 saturated carbocycles. The van der Waals surface area contributed by atoms with E-state index in [1.165, 1.54) is 0 Å². The molecule has 4 aliphatic carbocycles. The Hall–Kier alpha value is -1.15. The SMILES string of the molecule is CC1=C(C)C(=O)O[C@@H]([C@](C)(O)[C@H]2CC[C@H]3[C@@H]4C[C@@H]5SCCO[C@]56[C@@H](O)C=CC(=O)[C@]6(C)[C@H]4CC[C@]23C)C1. The highest BCUT2D eigenvalue weighted by molar-refractivity contribution is 8.00. The zero-order chi connectivity index (χ0) is 26.5. The second-order valence-electron chi connectivity index (χ2n) is 13.4. The van der Waals surface area contributed by atoms with Gasteiger partial charge in [-0.15, -0.1) is 0 Å². The zero-order valence-electron chi connectivity index (χ0n) is 22.8. The minimum atomic E-state index is -1.13. The van der Waals surface area contributed by atoms with Crippen LogP contribution in [0.5, 0.6) is 0 Å². The number of carbonyl (C=O) groups excluding carboxylic acids is 2. The fourth-order valence-electron chi connectivity index (χ4n) is 10.0. The maximum Gasteiger partial charge on any atom is 0.334 e. The predicted octanol–water partition coefficient (Wildman–Crippen LogP) is 4.23. The number of aliphatic hydroxyl groups is 2. The fourth-order valence-corrected chi connectivity index (χ4v) is 11.6. The monoisotopic (exact) mass is 530 g/mol. The third-order valence-corrected chi connectivity index (χ3v) is 13.5. The third-order valence-electron chi connectivity index (χ3n) is 12.1. The molecule has 204 valence electrons. The van der Waals surface area contributed by atoms with Crippen molar-refractivity contribution in [3.8, 4) is 0 Å². The number of ether oxygens (including phenoxy) is 2. The van der Waals surface area contributed by atoms with E-state index in [1.807, 2.05) is 25.6 Å². The summed E-state index contributed by atoms with van der Waals surface area (Å²) in [6, 6.07) is 0. The highest BCUT2D eigenvalue weighted by atomic mass is 32.2. The van der Waals surface area contributed by atoms with Gasteiger partial charge in [0, 0.05) is 23.0 Å². The van der Waals surface area contributed by atoms with Crippen LogP contribution in [0.25, 0.3) is 0 Å². The predicted molar refractivity (Wildman–Crippen MR) is 142 cm³/mol. The van der Waals surface area contributed by atoms with E-state index in [9.17, 15) is 19.8 Å². The molecule has 0 unspecified atom stereocenters. The average Bonchev–Trinajstić information content (AvgIpc) is 3.22. The molecule has 2 aliphatic heterocycles. The number of allylic oxidation sites excluding steroid dienone is 1. The number of thioether (sulfide) groups is 1. The van der Waals surface area contributed by atoms with Crippen molar-refractivity contribution in [1.82, 2.24) is 0 Å². The molecule has 6 rings (SSSR count).